The van der Waals surface area contributed by atoms with E-state index in [-0.39, 0.29) is 0 Å². The fourth-order valence-electron chi connectivity index (χ4n) is 2.05. The smallest absolute Gasteiger partial charge is 0.0235 e. The molecule has 0 fully saturated rings. The molecule has 78 valence electrons. The molecule has 0 radical (unpaired) electrons. The minimum Gasteiger partial charge on any atom is -0.0689 e. The van der Waals surface area contributed by atoms with Gasteiger partial charge in [0.2, 0.25) is 0 Å². The molecule has 0 nitrogen and oxygen atoms in total. The molecule has 0 heterocycles. The molecule has 0 spiro atoms. The van der Waals surface area contributed by atoms with Crippen molar-refractivity contribution in [1.29, 1.82) is 0 Å². The molecule has 0 N–H and O–H groups in total. The van der Waals surface area contributed by atoms with Gasteiger partial charge in [0, 0.05) is 0 Å². The van der Waals surface area contributed by atoms with Crippen LogP contribution >= 0.6 is 0 Å². The van der Waals surface area contributed by atoms with Crippen LogP contribution in [0.4, 0.5) is 0 Å². The molecule has 0 saturated carbocycles. The predicted molar refractivity (Wildman–Crippen MR) is 64.4 cm³/mol. The van der Waals surface area contributed by atoms with Gasteiger partial charge in [-0.1, -0.05) is 38.0 Å². The van der Waals surface area contributed by atoms with Gasteiger partial charge in [-0.25, -0.2) is 0 Å². The van der Waals surface area contributed by atoms with Crippen LogP contribution in [0.15, 0.2) is 34.4 Å². The van der Waals surface area contributed by atoms with E-state index < -0.39 is 0 Å². The lowest BCUT2D eigenvalue weighted by Crippen LogP contribution is -1.88. The summed E-state index contributed by atoms with van der Waals surface area (Å²) in [4.78, 5) is 0. The minimum atomic E-state index is 1.17. The van der Waals surface area contributed by atoms with Crippen molar-refractivity contribution in [2.24, 2.45) is 0 Å². The number of hydrogen-bond donors (Lipinski definition) is 0. The Hall–Kier alpha value is -0.780. The highest BCUT2D eigenvalue weighted by Crippen LogP contribution is 2.32. The minimum absolute atomic E-state index is 1.17. The molecule has 0 atom stereocenters. The average Bonchev–Trinajstić information content (AvgIpc) is 2.57. The zero-order valence-electron chi connectivity index (χ0n) is 9.98. The summed E-state index contributed by atoms with van der Waals surface area (Å²) in [5, 5.41) is 0. The maximum atomic E-state index is 2.32. The molecule has 0 aromatic rings. The summed E-state index contributed by atoms with van der Waals surface area (Å²) in [6, 6.07) is 0. The molecule has 0 aromatic carbocycles. The number of rotatable bonds is 4. The van der Waals surface area contributed by atoms with Crippen LogP contribution in [0.3, 0.4) is 0 Å². The van der Waals surface area contributed by atoms with E-state index in [2.05, 4.69) is 39.8 Å². The Kier molecular flexibility index (Phi) is 4.19. The third-order valence-corrected chi connectivity index (χ3v) is 2.86. The summed E-state index contributed by atoms with van der Waals surface area (Å²) in [7, 11) is 0. The molecule has 0 unspecified atom stereocenters. The lowest BCUT2D eigenvalue weighted by atomic mass is 9.98. The zero-order chi connectivity index (χ0) is 10.6. The van der Waals surface area contributed by atoms with Crippen LogP contribution in [0.25, 0.3) is 0 Å². The fraction of sp³-hybridized carbons (Fsp3) is 0.571. The average molecular weight is 190 g/mol. The quantitative estimate of drug-likeness (QED) is 0.598. The third-order valence-electron chi connectivity index (χ3n) is 2.86. The van der Waals surface area contributed by atoms with Crippen molar-refractivity contribution in [3.63, 3.8) is 0 Å². The van der Waals surface area contributed by atoms with Crippen LogP contribution in [0, 0.1) is 0 Å². The standard InChI is InChI=1S/C14H22/c1-5-7-8-12-9-10-14(11(3)4)13(12)6-2/h9-10H,5-8H2,1-4H3. The van der Waals surface area contributed by atoms with Gasteiger partial charge in [0.05, 0.1) is 0 Å². The number of unbranched alkanes of at least 4 members (excludes halogenated alkanes) is 1. The molecule has 0 heteroatoms. The summed E-state index contributed by atoms with van der Waals surface area (Å²) in [6.45, 7) is 8.93. The Balaban J connectivity index is 2.87. The van der Waals surface area contributed by atoms with Crippen LogP contribution in [0.5, 0.6) is 0 Å². The van der Waals surface area contributed by atoms with Crippen LogP contribution in [0.1, 0.15) is 53.4 Å². The van der Waals surface area contributed by atoms with Crippen molar-refractivity contribution in [3.05, 3.63) is 34.4 Å². The first-order valence-corrected chi connectivity index (χ1v) is 5.78. The lowest BCUT2D eigenvalue weighted by Gasteiger charge is -2.07. The highest BCUT2D eigenvalue weighted by atomic mass is 14.2. The van der Waals surface area contributed by atoms with E-state index in [1.54, 1.807) is 11.1 Å². The number of hydrogen-bond acceptors (Lipinski definition) is 0. The Morgan fingerprint density at radius 3 is 2.36 bits per heavy atom. The molecule has 0 bridgehead atoms. The first kappa shape index (κ1) is 11.3. The second-order valence-corrected chi connectivity index (χ2v) is 4.21. The van der Waals surface area contributed by atoms with E-state index in [0.717, 1.165) is 0 Å². The van der Waals surface area contributed by atoms with Gasteiger partial charge in [0.1, 0.15) is 0 Å². The largest absolute Gasteiger partial charge is 0.0689 e. The van der Waals surface area contributed by atoms with E-state index in [1.165, 1.54) is 36.8 Å². The van der Waals surface area contributed by atoms with E-state index in [9.17, 15) is 0 Å². The normalized spacial score (nSPS) is 15.6. The van der Waals surface area contributed by atoms with Crippen molar-refractivity contribution in [2.45, 2.75) is 53.4 Å². The first-order valence-electron chi connectivity index (χ1n) is 5.78. The molecular weight excluding hydrogens is 168 g/mol. The molecule has 0 aromatic heterocycles. The molecule has 1 aliphatic carbocycles. The van der Waals surface area contributed by atoms with Crippen molar-refractivity contribution >= 4 is 0 Å². The molecule has 14 heavy (non-hydrogen) atoms. The molecule has 1 rings (SSSR count). The van der Waals surface area contributed by atoms with Gasteiger partial charge >= 0.3 is 0 Å². The molecule has 0 saturated heterocycles. The molecular formula is C14H22. The van der Waals surface area contributed by atoms with Gasteiger partial charge in [-0.05, 0) is 49.8 Å². The lowest BCUT2D eigenvalue weighted by molar-refractivity contribution is 0.792. The second kappa shape index (κ2) is 5.19. The van der Waals surface area contributed by atoms with Crippen molar-refractivity contribution in [2.75, 3.05) is 0 Å². The maximum Gasteiger partial charge on any atom is -0.0235 e. The SMILES string of the molecule is CCCCC1=C(CC)C(=C(C)C)C=C1. The Bertz CT molecular complexity index is 283. The molecule has 0 amide bonds. The maximum absolute atomic E-state index is 2.32. The van der Waals surface area contributed by atoms with Crippen LogP contribution in [0.2, 0.25) is 0 Å². The topological polar surface area (TPSA) is 0 Å². The fourth-order valence-corrected chi connectivity index (χ4v) is 2.05. The van der Waals surface area contributed by atoms with Gasteiger partial charge in [-0.3, -0.25) is 0 Å². The predicted octanol–water partition coefficient (Wildman–Crippen LogP) is 4.79. The van der Waals surface area contributed by atoms with Crippen molar-refractivity contribution < 1.29 is 0 Å². The first-order chi connectivity index (χ1) is 6.70. The summed E-state index contributed by atoms with van der Waals surface area (Å²) in [5.41, 5.74) is 6.09. The van der Waals surface area contributed by atoms with E-state index in [0.29, 0.717) is 0 Å². The van der Waals surface area contributed by atoms with E-state index >= 15 is 0 Å². The van der Waals surface area contributed by atoms with Crippen molar-refractivity contribution in [3.8, 4) is 0 Å². The van der Waals surface area contributed by atoms with E-state index in [1.807, 2.05) is 0 Å². The third kappa shape index (κ3) is 2.37. The Morgan fingerprint density at radius 2 is 1.86 bits per heavy atom. The van der Waals surface area contributed by atoms with Gasteiger partial charge in [0.25, 0.3) is 0 Å². The molecule has 0 aliphatic heterocycles. The monoisotopic (exact) mass is 190 g/mol. The Labute approximate surface area is 88.4 Å². The Morgan fingerprint density at radius 1 is 1.14 bits per heavy atom. The summed E-state index contributed by atoms with van der Waals surface area (Å²) >= 11 is 0. The van der Waals surface area contributed by atoms with Crippen LogP contribution < -0.4 is 0 Å². The number of allylic oxidation sites excluding steroid dienone is 6. The van der Waals surface area contributed by atoms with Crippen molar-refractivity contribution in [1.82, 2.24) is 0 Å². The molecule has 1 aliphatic rings. The summed E-state index contributed by atoms with van der Waals surface area (Å²) in [5.74, 6) is 0. The van der Waals surface area contributed by atoms with Gasteiger partial charge in [-0.15, -0.1) is 0 Å². The summed E-state index contributed by atoms with van der Waals surface area (Å²) < 4.78 is 0. The highest BCUT2D eigenvalue weighted by Gasteiger charge is 2.12. The van der Waals surface area contributed by atoms with Crippen LogP contribution in [-0.2, 0) is 0 Å². The van der Waals surface area contributed by atoms with E-state index in [4.69, 9.17) is 0 Å². The highest BCUT2D eigenvalue weighted by molar-refractivity contribution is 5.54. The van der Waals surface area contributed by atoms with Crippen LogP contribution in [-0.4, -0.2) is 0 Å². The van der Waals surface area contributed by atoms with Gasteiger partial charge < -0.3 is 0 Å². The second-order valence-electron chi connectivity index (χ2n) is 4.21. The summed E-state index contributed by atoms with van der Waals surface area (Å²) in [6.07, 6.45) is 9.65. The van der Waals surface area contributed by atoms with Gasteiger partial charge in [0.15, 0.2) is 0 Å². The van der Waals surface area contributed by atoms with Gasteiger partial charge in [-0.2, -0.15) is 0 Å². The zero-order valence-corrected chi connectivity index (χ0v) is 9.98.